The summed E-state index contributed by atoms with van der Waals surface area (Å²) in [5, 5.41) is 0. The van der Waals surface area contributed by atoms with Crippen LogP contribution in [0.15, 0.2) is 194 Å². The molecule has 0 aromatic heterocycles. The van der Waals surface area contributed by atoms with E-state index in [2.05, 4.69) is 212 Å². The number of nitrogens with zero attached hydrogens (tertiary/aromatic N) is 2. The third-order valence-corrected chi connectivity index (χ3v) is 11.6. The molecule has 7 aromatic rings. The van der Waals surface area contributed by atoms with Crippen LogP contribution in [-0.2, 0) is 5.41 Å². The third-order valence-electron chi connectivity index (χ3n) is 11.6. The van der Waals surface area contributed by atoms with Crippen molar-refractivity contribution in [3.63, 3.8) is 0 Å². The Morgan fingerprint density at radius 2 is 1.09 bits per heavy atom. The van der Waals surface area contributed by atoms with Crippen molar-refractivity contribution >= 4 is 34.0 Å². The van der Waals surface area contributed by atoms with Gasteiger partial charge in [-0.2, -0.15) is 0 Å². The Hall–Kier alpha value is -6.38. The Balaban J connectivity index is 1.03. The summed E-state index contributed by atoms with van der Waals surface area (Å²) >= 11 is 0. The fourth-order valence-electron chi connectivity index (χ4n) is 8.94. The molecule has 2 nitrogen and oxygen atoms in total. The van der Waals surface area contributed by atoms with Crippen molar-refractivity contribution in [2.75, 3.05) is 9.80 Å². The van der Waals surface area contributed by atoms with Gasteiger partial charge < -0.3 is 9.80 Å². The Kier molecular flexibility index (Phi) is 7.33. The molecule has 1 aliphatic heterocycles. The molecular weight excluding hydrogens is 641 g/mol. The lowest BCUT2D eigenvalue weighted by Crippen LogP contribution is -2.16. The minimum absolute atomic E-state index is 0.0800. The lowest BCUT2D eigenvalue weighted by Gasteiger charge is -2.29. The van der Waals surface area contributed by atoms with Crippen LogP contribution in [0.1, 0.15) is 48.4 Å². The summed E-state index contributed by atoms with van der Waals surface area (Å²) in [4.78, 5) is 4.85. The number of hydrogen-bond donors (Lipinski definition) is 0. The molecule has 0 N–H and O–H groups in total. The lowest BCUT2D eigenvalue weighted by molar-refractivity contribution is 0.660. The highest BCUT2D eigenvalue weighted by atomic mass is 15.2. The highest BCUT2D eigenvalue weighted by Gasteiger charge is 2.37. The van der Waals surface area contributed by atoms with Gasteiger partial charge in [-0.3, -0.25) is 0 Å². The van der Waals surface area contributed by atoms with Crippen molar-refractivity contribution in [2.45, 2.75) is 31.6 Å². The van der Waals surface area contributed by atoms with Crippen LogP contribution in [0.5, 0.6) is 0 Å². The van der Waals surface area contributed by atoms with Gasteiger partial charge in [-0.05, 0) is 117 Å². The number of fused-ring (bicyclic) bond motifs is 6. The van der Waals surface area contributed by atoms with Gasteiger partial charge in [0.05, 0.1) is 0 Å². The highest BCUT2D eigenvalue weighted by Crippen LogP contribution is 2.53. The Morgan fingerprint density at radius 3 is 1.85 bits per heavy atom. The predicted octanol–water partition coefficient (Wildman–Crippen LogP) is 13.7. The largest absolute Gasteiger partial charge is 0.313 e. The van der Waals surface area contributed by atoms with Gasteiger partial charge in [0.15, 0.2) is 0 Å². The number of hydrogen-bond acceptors (Lipinski definition) is 2. The van der Waals surface area contributed by atoms with Crippen LogP contribution in [0.2, 0.25) is 0 Å². The van der Waals surface area contributed by atoms with Crippen LogP contribution in [0.4, 0.5) is 28.4 Å². The van der Waals surface area contributed by atoms with Crippen LogP contribution < -0.4 is 9.80 Å². The average Bonchev–Trinajstić information content (AvgIpc) is 3.67. The molecule has 0 saturated heterocycles. The quantitative estimate of drug-likeness (QED) is 0.172. The van der Waals surface area contributed by atoms with Crippen LogP contribution in [0, 0.1) is 0 Å². The van der Waals surface area contributed by atoms with Crippen LogP contribution in [-0.4, -0.2) is 0 Å². The molecule has 1 atom stereocenters. The van der Waals surface area contributed by atoms with Crippen LogP contribution in [0.3, 0.4) is 0 Å². The van der Waals surface area contributed by atoms with Gasteiger partial charge in [0.1, 0.15) is 0 Å². The molecule has 2 heteroatoms. The second kappa shape index (κ2) is 12.4. The van der Waals surface area contributed by atoms with Gasteiger partial charge in [0.25, 0.3) is 0 Å². The number of para-hydroxylation sites is 2. The number of benzene rings is 7. The first-order valence-electron chi connectivity index (χ1n) is 18.7. The van der Waals surface area contributed by atoms with Crippen molar-refractivity contribution in [2.24, 2.45) is 0 Å². The van der Waals surface area contributed by atoms with Gasteiger partial charge in [-0.1, -0.05) is 141 Å². The second-order valence-corrected chi connectivity index (χ2v) is 15.0. The van der Waals surface area contributed by atoms with E-state index in [0.29, 0.717) is 5.92 Å². The first-order chi connectivity index (χ1) is 26.0. The molecule has 0 radical (unpaired) electrons. The molecular formula is C51H40N2. The minimum Gasteiger partial charge on any atom is -0.313 e. The lowest BCUT2D eigenvalue weighted by atomic mass is 9.82. The summed E-state index contributed by atoms with van der Waals surface area (Å²) in [5.74, 6) is 0.324. The van der Waals surface area contributed by atoms with Crippen molar-refractivity contribution < 1.29 is 0 Å². The summed E-state index contributed by atoms with van der Waals surface area (Å²) < 4.78 is 0. The van der Waals surface area contributed by atoms with Gasteiger partial charge in [-0.15, -0.1) is 0 Å². The second-order valence-electron chi connectivity index (χ2n) is 15.0. The molecule has 53 heavy (non-hydrogen) atoms. The standard InChI is InChI=1S/C51H40N2/c1-51(2)47-19-11-9-17-43(47)44-31-30-42(34-48(44)51)52(40-26-21-36(22-27-40)35-13-5-3-6-14-35)41-28-23-37(24-29-41)38-25-32-50-46(33-38)45-18-10-12-20-49(45)53(50)39-15-7-4-8-16-39/h3-32,34,46H,33H2,1-2H3. The number of allylic oxidation sites excluding steroid dienone is 4. The molecule has 0 amide bonds. The van der Waals surface area contributed by atoms with Gasteiger partial charge >= 0.3 is 0 Å². The Morgan fingerprint density at radius 1 is 0.509 bits per heavy atom. The van der Waals surface area contributed by atoms with E-state index in [-0.39, 0.29) is 5.41 Å². The molecule has 254 valence electrons. The maximum atomic E-state index is 2.44. The summed E-state index contributed by atoms with van der Waals surface area (Å²) in [5.41, 5.74) is 19.1. The molecule has 0 spiro atoms. The van der Waals surface area contributed by atoms with E-state index in [1.165, 1.54) is 67.2 Å². The molecule has 3 aliphatic rings. The monoisotopic (exact) mass is 680 g/mol. The summed E-state index contributed by atoms with van der Waals surface area (Å²) in [6.45, 7) is 4.71. The van der Waals surface area contributed by atoms with Crippen LogP contribution >= 0.6 is 0 Å². The van der Waals surface area contributed by atoms with Crippen molar-refractivity contribution in [1.29, 1.82) is 0 Å². The fourth-order valence-corrected chi connectivity index (χ4v) is 8.94. The summed E-state index contributed by atoms with van der Waals surface area (Å²) in [6.07, 6.45) is 5.65. The maximum Gasteiger partial charge on any atom is 0.0497 e. The van der Waals surface area contributed by atoms with E-state index in [9.17, 15) is 0 Å². The summed E-state index contributed by atoms with van der Waals surface area (Å²) in [6, 6.07) is 64.4. The molecule has 10 rings (SSSR count). The van der Waals surface area contributed by atoms with E-state index < -0.39 is 0 Å². The van der Waals surface area contributed by atoms with E-state index >= 15 is 0 Å². The topological polar surface area (TPSA) is 6.48 Å². The average molecular weight is 681 g/mol. The molecule has 0 saturated carbocycles. The summed E-state index contributed by atoms with van der Waals surface area (Å²) in [7, 11) is 0. The van der Waals surface area contributed by atoms with Crippen molar-refractivity contribution in [3.8, 4) is 22.3 Å². The van der Waals surface area contributed by atoms with E-state index in [4.69, 9.17) is 0 Å². The van der Waals surface area contributed by atoms with E-state index in [1.54, 1.807) is 0 Å². The SMILES string of the molecule is CC1(C)c2ccccc2-c2ccc(N(c3ccc(C4=CC=C5C(C4)c4ccccc4N5c4ccccc4)cc3)c3ccc(-c4ccccc4)cc3)cc21. The van der Waals surface area contributed by atoms with Crippen LogP contribution in [0.25, 0.3) is 27.8 Å². The molecule has 0 bridgehead atoms. The Bertz CT molecular complexity index is 2540. The fraction of sp³-hybridized carbons (Fsp3) is 0.0980. The zero-order valence-electron chi connectivity index (χ0n) is 30.1. The molecule has 2 aliphatic carbocycles. The van der Waals surface area contributed by atoms with Gasteiger partial charge in [0.2, 0.25) is 0 Å². The minimum atomic E-state index is -0.0800. The Labute approximate surface area is 312 Å². The first-order valence-corrected chi connectivity index (χ1v) is 18.7. The van der Waals surface area contributed by atoms with E-state index in [1.807, 2.05) is 0 Å². The number of anilines is 5. The van der Waals surface area contributed by atoms with E-state index in [0.717, 1.165) is 23.5 Å². The molecule has 0 fully saturated rings. The highest BCUT2D eigenvalue weighted by molar-refractivity contribution is 5.87. The van der Waals surface area contributed by atoms with Crippen molar-refractivity contribution in [1.82, 2.24) is 0 Å². The number of rotatable bonds is 6. The molecule has 7 aromatic carbocycles. The zero-order valence-corrected chi connectivity index (χ0v) is 30.1. The third kappa shape index (κ3) is 5.17. The zero-order chi connectivity index (χ0) is 35.5. The normalized spacial score (nSPS) is 16.2. The van der Waals surface area contributed by atoms with Crippen molar-refractivity contribution in [3.05, 3.63) is 216 Å². The van der Waals surface area contributed by atoms with Gasteiger partial charge in [0, 0.05) is 45.5 Å². The maximum absolute atomic E-state index is 2.44. The molecule has 1 unspecified atom stereocenters. The smallest absolute Gasteiger partial charge is 0.0497 e. The first kappa shape index (κ1) is 31.4. The predicted molar refractivity (Wildman–Crippen MR) is 223 cm³/mol. The molecule has 1 heterocycles. The van der Waals surface area contributed by atoms with Gasteiger partial charge in [-0.25, -0.2) is 0 Å².